The van der Waals surface area contributed by atoms with E-state index in [1.807, 2.05) is 0 Å². The molecule has 5 N–H and O–H groups in total. The first-order chi connectivity index (χ1) is 8.04. The Morgan fingerprint density at radius 2 is 2.24 bits per heavy atom. The minimum absolute atomic E-state index is 0.472. The number of nitrogens with zero attached hydrogens (tertiary/aromatic N) is 1. The molecule has 0 fully saturated rings. The lowest BCUT2D eigenvalue weighted by atomic mass is 10.0. The molecular weight excluding hydrogens is 218 g/mol. The smallest absolute Gasteiger partial charge is 0.119 e. The number of aliphatic imine (C=N–C) groups is 1. The molecule has 0 spiro atoms. The van der Waals surface area contributed by atoms with E-state index in [0.29, 0.717) is 35.8 Å². The summed E-state index contributed by atoms with van der Waals surface area (Å²) in [6, 6.07) is 5.21. The lowest BCUT2D eigenvalue weighted by molar-refractivity contribution is 0.171. The van der Waals surface area contributed by atoms with Gasteiger partial charge in [0.05, 0.1) is 19.0 Å². The number of nitrogens with two attached hydrogens (primary N) is 2. The molecule has 1 aromatic carbocycles. The maximum Gasteiger partial charge on any atom is 0.119 e. The van der Waals surface area contributed by atoms with Gasteiger partial charge in [-0.15, -0.1) is 0 Å². The molecule has 5 heteroatoms. The van der Waals surface area contributed by atoms with Crippen LogP contribution >= 0.6 is 0 Å². The molecule has 0 heterocycles. The van der Waals surface area contributed by atoms with Crippen molar-refractivity contribution in [3.05, 3.63) is 23.8 Å². The highest BCUT2D eigenvalue weighted by molar-refractivity contribution is 5.77. The molecule has 1 unspecified atom stereocenters. The first-order valence-electron chi connectivity index (χ1n) is 5.42. The fraction of sp³-hybridized carbons (Fsp3) is 0.417. The fourth-order valence-corrected chi connectivity index (χ4v) is 1.49. The number of aliphatic hydroxyl groups excluding tert-OH is 1. The first kappa shape index (κ1) is 13.3. The minimum Gasteiger partial charge on any atom is -0.497 e. The zero-order valence-corrected chi connectivity index (χ0v) is 10.2. The van der Waals surface area contributed by atoms with Crippen molar-refractivity contribution < 1.29 is 9.84 Å². The van der Waals surface area contributed by atoms with Crippen LogP contribution in [0.3, 0.4) is 0 Å². The van der Waals surface area contributed by atoms with E-state index in [0.717, 1.165) is 0 Å². The predicted molar refractivity (Wildman–Crippen MR) is 69.1 cm³/mol. The SMILES string of the molecule is COc1ccc(N)c(C(O)CCN=C(C)N)c1. The summed E-state index contributed by atoms with van der Waals surface area (Å²) in [6.45, 7) is 2.19. The van der Waals surface area contributed by atoms with Crippen LogP contribution in [-0.4, -0.2) is 24.6 Å². The third-order valence-electron chi connectivity index (χ3n) is 2.42. The second-order valence-corrected chi connectivity index (χ2v) is 3.82. The average molecular weight is 237 g/mol. The average Bonchev–Trinajstić information content (AvgIpc) is 2.29. The monoisotopic (exact) mass is 237 g/mol. The van der Waals surface area contributed by atoms with Crippen LogP contribution in [0.15, 0.2) is 23.2 Å². The molecule has 0 aliphatic heterocycles. The maximum atomic E-state index is 9.99. The van der Waals surface area contributed by atoms with Gasteiger partial charge in [0.15, 0.2) is 0 Å². The molecule has 94 valence electrons. The summed E-state index contributed by atoms with van der Waals surface area (Å²) in [7, 11) is 1.57. The number of methoxy groups -OCH3 is 1. The topological polar surface area (TPSA) is 93.9 Å². The number of hydrogen-bond donors (Lipinski definition) is 3. The predicted octanol–water partition coefficient (Wildman–Crippen LogP) is 1.08. The number of rotatable bonds is 5. The van der Waals surface area contributed by atoms with Crippen LogP contribution in [0.4, 0.5) is 5.69 Å². The third-order valence-corrected chi connectivity index (χ3v) is 2.42. The van der Waals surface area contributed by atoms with E-state index in [1.165, 1.54) is 0 Å². The molecule has 0 bridgehead atoms. The lowest BCUT2D eigenvalue weighted by Crippen LogP contribution is -2.08. The van der Waals surface area contributed by atoms with Gasteiger partial charge in [0.25, 0.3) is 0 Å². The van der Waals surface area contributed by atoms with Gasteiger partial charge in [0.2, 0.25) is 0 Å². The Hall–Kier alpha value is -1.75. The molecule has 0 radical (unpaired) electrons. The van der Waals surface area contributed by atoms with Gasteiger partial charge >= 0.3 is 0 Å². The molecule has 0 aliphatic carbocycles. The molecule has 0 aromatic heterocycles. The molecule has 1 aromatic rings. The van der Waals surface area contributed by atoms with E-state index < -0.39 is 6.10 Å². The van der Waals surface area contributed by atoms with Gasteiger partial charge < -0.3 is 21.3 Å². The summed E-state index contributed by atoms with van der Waals surface area (Å²) >= 11 is 0. The van der Waals surface area contributed by atoms with Gasteiger partial charge in [-0.25, -0.2) is 0 Å². The Morgan fingerprint density at radius 3 is 2.82 bits per heavy atom. The Morgan fingerprint density at radius 1 is 1.53 bits per heavy atom. The number of ether oxygens (including phenoxy) is 1. The van der Waals surface area contributed by atoms with Crippen LogP contribution in [0.1, 0.15) is 25.0 Å². The summed E-state index contributed by atoms with van der Waals surface area (Å²) < 4.78 is 5.09. The number of amidine groups is 1. The van der Waals surface area contributed by atoms with E-state index in [9.17, 15) is 5.11 Å². The summed E-state index contributed by atoms with van der Waals surface area (Å²) in [6.07, 6.45) is -0.181. The molecular formula is C12H19N3O2. The van der Waals surface area contributed by atoms with Gasteiger partial charge in [-0.2, -0.15) is 0 Å². The van der Waals surface area contributed by atoms with Gasteiger partial charge in [-0.05, 0) is 31.5 Å². The third kappa shape index (κ3) is 3.96. The van der Waals surface area contributed by atoms with Gasteiger partial charge in [-0.3, -0.25) is 4.99 Å². The van der Waals surface area contributed by atoms with Crippen LogP contribution in [0.2, 0.25) is 0 Å². The van der Waals surface area contributed by atoms with E-state index in [-0.39, 0.29) is 0 Å². The number of aliphatic hydroxyl groups is 1. The van der Waals surface area contributed by atoms with Crippen molar-refractivity contribution in [1.82, 2.24) is 0 Å². The molecule has 1 atom stereocenters. The van der Waals surface area contributed by atoms with Crippen molar-refractivity contribution in [2.45, 2.75) is 19.4 Å². The van der Waals surface area contributed by atoms with Crippen molar-refractivity contribution in [2.24, 2.45) is 10.7 Å². The number of anilines is 1. The first-order valence-corrected chi connectivity index (χ1v) is 5.42. The van der Waals surface area contributed by atoms with E-state index in [1.54, 1.807) is 32.2 Å². The van der Waals surface area contributed by atoms with Crippen molar-refractivity contribution in [3.8, 4) is 5.75 Å². The molecule has 17 heavy (non-hydrogen) atoms. The Labute approximate surface area is 101 Å². The zero-order chi connectivity index (χ0) is 12.8. The Balaban J connectivity index is 2.73. The molecule has 1 rings (SSSR count). The maximum absolute atomic E-state index is 9.99. The standard InChI is InChI=1S/C12H19N3O2/c1-8(13)15-6-5-12(16)10-7-9(17-2)3-4-11(10)14/h3-4,7,12,16H,5-6,14H2,1-2H3,(H2,13,15). The largest absolute Gasteiger partial charge is 0.497 e. The molecule has 0 aliphatic rings. The zero-order valence-electron chi connectivity index (χ0n) is 10.2. The van der Waals surface area contributed by atoms with Crippen LogP contribution in [0, 0.1) is 0 Å². The van der Waals surface area contributed by atoms with Gasteiger partial charge in [0.1, 0.15) is 5.75 Å². The molecule has 0 saturated heterocycles. The van der Waals surface area contributed by atoms with Crippen LogP contribution in [-0.2, 0) is 0 Å². The number of hydrogen-bond acceptors (Lipinski definition) is 4. The lowest BCUT2D eigenvalue weighted by Gasteiger charge is -2.13. The molecule has 5 nitrogen and oxygen atoms in total. The Bertz CT molecular complexity index is 401. The van der Waals surface area contributed by atoms with Crippen molar-refractivity contribution in [1.29, 1.82) is 0 Å². The Kier molecular flexibility index (Phi) is 4.78. The second kappa shape index (κ2) is 6.10. The normalized spacial score (nSPS) is 13.5. The quantitative estimate of drug-likeness (QED) is 0.406. The molecule has 0 amide bonds. The van der Waals surface area contributed by atoms with E-state index in [2.05, 4.69) is 4.99 Å². The van der Waals surface area contributed by atoms with Crippen molar-refractivity contribution in [2.75, 3.05) is 19.4 Å². The highest BCUT2D eigenvalue weighted by Gasteiger charge is 2.11. The van der Waals surface area contributed by atoms with Crippen molar-refractivity contribution >= 4 is 11.5 Å². The fourth-order valence-electron chi connectivity index (χ4n) is 1.49. The van der Waals surface area contributed by atoms with Crippen LogP contribution in [0.5, 0.6) is 5.75 Å². The number of benzene rings is 1. The van der Waals surface area contributed by atoms with E-state index in [4.69, 9.17) is 16.2 Å². The highest BCUT2D eigenvalue weighted by atomic mass is 16.5. The molecule has 0 saturated carbocycles. The summed E-state index contributed by atoms with van der Waals surface area (Å²) in [5.41, 5.74) is 12.4. The van der Waals surface area contributed by atoms with Crippen molar-refractivity contribution in [3.63, 3.8) is 0 Å². The van der Waals surface area contributed by atoms with Crippen LogP contribution in [0.25, 0.3) is 0 Å². The van der Waals surface area contributed by atoms with Gasteiger partial charge in [0, 0.05) is 17.8 Å². The van der Waals surface area contributed by atoms with Gasteiger partial charge in [-0.1, -0.05) is 0 Å². The summed E-state index contributed by atoms with van der Waals surface area (Å²) in [5, 5.41) is 9.99. The van der Waals surface area contributed by atoms with E-state index >= 15 is 0 Å². The summed E-state index contributed by atoms with van der Waals surface area (Å²) in [5.74, 6) is 1.18. The second-order valence-electron chi connectivity index (χ2n) is 3.82. The number of nitrogen functional groups attached to an aromatic ring is 1. The van der Waals surface area contributed by atoms with Crippen LogP contribution < -0.4 is 16.2 Å². The summed E-state index contributed by atoms with van der Waals surface area (Å²) in [4.78, 5) is 4.02. The minimum atomic E-state index is -0.659. The highest BCUT2D eigenvalue weighted by Crippen LogP contribution is 2.27.